The molecule has 28 heavy (non-hydrogen) atoms. The summed E-state index contributed by atoms with van der Waals surface area (Å²) in [7, 11) is -3.73. The van der Waals surface area contributed by atoms with E-state index in [1.807, 2.05) is 29.6 Å². The first-order chi connectivity index (χ1) is 13.6. The number of carbonyl (C=O) groups is 1. The highest BCUT2D eigenvalue weighted by molar-refractivity contribution is 7.89. The molecule has 0 fully saturated rings. The molecule has 146 valence electrons. The molecular formula is C19H19N3O3S3. The molecule has 3 aromatic rings. The van der Waals surface area contributed by atoms with Crippen molar-refractivity contribution in [1.82, 2.24) is 14.6 Å². The molecule has 3 heterocycles. The lowest BCUT2D eigenvalue weighted by atomic mass is 10.0. The topological polar surface area (TPSA) is 79.4 Å². The Bertz CT molecular complexity index is 1070. The maximum absolute atomic E-state index is 13.2. The first-order valence-electron chi connectivity index (χ1n) is 8.86. The average Bonchev–Trinajstić information content (AvgIpc) is 3.39. The first kappa shape index (κ1) is 19.3. The average molecular weight is 434 g/mol. The van der Waals surface area contributed by atoms with Gasteiger partial charge in [0.25, 0.3) is 5.91 Å². The standard InChI is InChI=1S/C19H19N3O3S3/c23-19(21-8-5-17-20-9-12-26-17)18-16(7-11-27-18)28(24,25)22-10-6-14-3-1-2-4-15(14)13-22/h1-4,7,9,11-12H,5-6,8,10,13H2,(H,21,23). The van der Waals surface area contributed by atoms with E-state index < -0.39 is 10.0 Å². The lowest BCUT2D eigenvalue weighted by Crippen LogP contribution is -2.37. The number of hydrogen-bond donors (Lipinski definition) is 1. The lowest BCUT2D eigenvalue weighted by Gasteiger charge is -2.28. The minimum Gasteiger partial charge on any atom is -0.351 e. The van der Waals surface area contributed by atoms with E-state index in [2.05, 4.69) is 10.3 Å². The summed E-state index contributed by atoms with van der Waals surface area (Å²) >= 11 is 2.68. The summed E-state index contributed by atoms with van der Waals surface area (Å²) in [5, 5.41) is 7.29. The normalized spacial score (nSPS) is 14.6. The molecule has 0 aliphatic carbocycles. The van der Waals surface area contributed by atoms with Gasteiger partial charge in [-0.05, 0) is 29.0 Å². The Morgan fingerprint density at radius 1 is 1.14 bits per heavy atom. The Labute approximate surface area is 171 Å². The van der Waals surface area contributed by atoms with E-state index in [0.717, 1.165) is 21.9 Å². The minimum absolute atomic E-state index is 0.0867. The Morgan fingerprint density at radius 3 is 2.75 bits per heavy atom. The van der Waals surface area contributed by atoms with Crippen LogP contribution in [0.15, 0.2) is 52.2 Å². The smallest absolute Gasteiger partial charge is 0.262 e. The third kappa shape index (κ3) is 3.88. The van der Waals surface area contributed by atoms with Crippen molar-refractivity contribution >= 4 is 38.6 Å². The number of thiophene rings is 1. The van der Waals surface area contributed by atoms with Crippen LogP contribution in [-0.4, -0.2) is 36.7 Å². The fraction of sp³-hybridized carbons (Fsp3) is 0.263. The van der Waals surface area contributed by atoms with Crippen LogP contribution in [0.25, 0.3) is 0 Å². The second-order valence-electron chi connectivity index (χ2n) is 6.40. The van der Waals surface area contributed by atoms with Crippen LogP contribution < -0.4 is 5.32 Å². The Hall–Kier alpha value is -2.07. The predicted octanol–water partition coefficient (Wildman–Crippen LogP) is 2.92. The third-order valence-electron chi connectivity index (χ3n) is 4.66. The molecule has 0 saturated heterocycles. The van der Waals surface area contributed by atoms with Gasteiger partial charge in [-0.25, -0.2) is 13.4 Å². The van der Waals surface area contributed by atoms with E-state index in [-0.39, 0.29) is 15.7 Å². The van der Waals surface area contributed by atoms with Crippen LogP contribution in [0.1, 0.15) is 25.8 Å². The number of aromatic nitrogens is 1. The highest BCUT2D eigenvalue weighted by Gasteiger charge is 2.32. The summed E-state index contributed by atoms with van der Waals surface area (Å²) in [6, 6.07) is 9.40. The Balaban J connectivity index is 1.49. The highest BCUT2D eigenvalue weighted by atomic mass is 32.2. The minimum atomic E-state index is -3.73. The molecule has 2 aromatic heterocycles. The van der Waals surface area contributed by atoms with Gasteiger partial charge in [-0.3, -0.25) is 4.79 Å². The number of rotatable bonds is 6. The van der Waals surface area contributed by atoms with Crippen LogP contribution >= 0.6 is 22.7 Å². The quantitative estimate of drug-likeness (QED) is 0.648. The molecule has 0 unspecified atom stereocenters. The zero-order valence-electron chi connectivity index (χ0n) is 15.0. The van der Waals surface area contributed by atoms with Gasteiger partial charge in [0.1, 0.15) is 9.77 Å². The number of thiazole rings is 1. The number of nitrogens with one attached hydrogen (secondary N) is 1. The van der Waals surface area contributed by atoms with Crippen molar-refractivity contribution in [3.05, 3.63) is 68.3 Å². The predicted molar refractivity (Wildman–Crippen MR) is 110 cm³/mol. The van der Waals surface area contributed by atoms with Crippen molar-refractivity contribution in [2.24, 2.45) is 0 Å². The Morgan fingerprint density at radius 2 is 1.96 bits per heavy atom. The fourth-order valence-corrected chi connectivity index (χ4v) is 6.58. The van der Waals surface area contributed by atoms with Crippen LogP contribution in [0.2, 0.25) is 0 Å². The molecule has 0 radical (unpaired) electrons. The Kier molecular flexibility index (Phi) is 5.58. The van der Waals surface area contributed by atoms with Crippen molar-refractivity contribution < 1.29 is 13.2 Å². The summed E-state index contributed by atoms with van der Waals surface area (Å²) in [6.07, 6.45) is 3.02. The zero-order chi connectivity index (χ0) is 19.6. The van der Waals surface area contributed by atoms with Gasteiger partial charge in [0.2, 0.25) is 10.0 Å². The van der Waals surface area contributed by atoms with Gasteiger partial charge >= 0.3 is 0 Å². The van der Waals surface area contributed by atoms with Crippen molar-refractivity contribution in [3.8, 4) is 0 Å². The lowest BCUT2D eigenvalue weighted by molar-refractivity contribution is 0.0955. The van der Waals surface area contributed by atoms with Crippen LogP contribution in [0.3, 0.4) is 0 Å². The molecule has 0 atom stereocenters. The van der Waals surface area contributed by atoms with E-state index in [1.54, 1.807) is 11.6 Å². The van der Waals surface area contributed by atoms with Crippen molar-refractivity contribution in [2.75, 3.05) is 13.1 Å². The number of amides is 1. The van der Waals surface area contributed by atoms with E-state index in [9.17, 15) is 13.2 Å². The van der Waals surface area contributed by atoms with E-state index in [1.165, 1.54) is 27.3 Å². The van der Waals surface area contributed by atoms with Crippen LogP contribution in [-0.2, 0) is 29.4 Å². The second-order valence-corrected chi connectivity index (χ2v) is 10.2. The van der Waals surface area contributed by atoms with Gasteiger partial charge in [0.05, 0.1) is 5.01 Å². The largest absolute Gasteiger partial charge is 0.351 e. The molecule has 1 amide bonds. The molecule has 0 bridgehead atoms. The molecular weight excluding hydrogens is 414 g/mol. The number of nitrogens with zero attached hydrogens (tertiary/aromatic N) is 2. The first-order valence-corrected chi connectivity index (χ1v) is 12.1. The van der Waals surface area contributed by atoms with Crippen LogP contribution in [0.4, 0.5) is 0 Å². The summed E-state index contributed by atoms with van der Waals surface area (Å²) in [5.74, 6) is -0.359. The number of benzene rings is 1. The van der Waals surface area contributed by atoms with Crippen molar-refractivity contribution in [1.29, 1.82) is 0 Å². The van der Waals surface area contributed by atoms with E-state index in [0.29, 0.717) is 32.5 Å². The molecule has 4 rings (SSSR count). The van der Waals surface area contributed by atoms with Crippen molar-refractivity contribution in [3.63, 3.8) is 0 Å². The monoisotopic (exact) mass is 433 g/mol. The van der Waals surface area contributed by atoms with Gasteiger partial charge in [0, 0.05) is 37.6 Å². The maximum Gasteiger partial charge on any atom is 0.262 e. The number of hydrogen-bond acceptors (Lipinski definition) is 6. The van der Waals surface area contributed by atoms with Gasteiger partial charge in [-0.2, -0.15) is 4.31 Å². The molecule has 1 N–H and O–H groups in total. The third-order valence-corrected chi connectivity index (χ3v) is 8.43. The molecule has 0 spiro atoms. The number of sulfonamides is 1. The highest BCUT2D eigenvalue weighted by Crippen LogP contribution is 2.29. The van der Waals surface area contributed by atoms with Gasteiger partial charge in [-0.1, -0.05) is 24.3 Å². The summed E-state index contributed by atoms with van der Waals surface area (Å²) in [6.45, 7) is 1.17. The zero-order valence-corrected chi connectivity index (χ0v) is 17.4. The van der Waals surface area contributed by atoms with Gasteiger partial charge < -0.3 is 5.32 Å². The molecule has 1 aliphatic rings. The second kappa shape index (κ2) is 8.12. The maximum atomic E-state index is 13.2. The summed E-state index contributed by atoms with van der Waals surface area (Å²) < 4.78 is 27.8. The molecule has 1 aliphatic heterocycles. The van der Waals surface area contributed by atoms with Crippen LogP contribution in [0, 0.1) is 0 Å². The fourth-order valence-electron chi connectivity index (χ4n) is 3.22. The molecule has 6 nitrogen and oxygen atoms in total. The van der Waals surface area contributed by atoms with Crippen molar-refractivity contribution in [2.45, 2.75) is 24.3 Å². The molecule has 0 saturated carbocycles. The number of fused-ring (bicyclic) bond motifs is 1. The van der Waals surface area contributed by atoms with Crippen LogP contribution in [0.5, 0.6) is 0 Å². The summed E-state index contributed by atoms with van der Waals surface area (Å²) in [4.78, 5) is 17.1. The van der Waals surface area contributed by atoms with Gasteiger partial charge in [-0.15, -0.1) is 22.7 Å². The van der Waals surface area contributed by atoms with Gasteiger partial charge in [0.15, 0.2) is 0 Å². The molecule has 9 heteroatoms. The SMILES string of the molecule is O=C(NCCc1nccs1)c1sccc1S(=O)(=O)N1CCc2ccccc2C1. The van der Waals surface area contributed by atoms with E-state index >= 15 is 0 Å². The molecule has 1 aromatic carbocycles. The summed E-state index contributed by atoms with van der Waals surface area (Å²) in [5.41, 5.74) is 2.20. The van der Waals surface area contributed by atoms with E-state index in [4.69, 9.17) is 0 Å². The number of carbonyl (C=O) groups excluding carboxylic acids is 1.